The standard InChI is InChI=1S/C12H18O2.Li/c1-2-3-4-5-6-7-8-9-10-11-12(13)14;/h5-10H,2-4,11H2,1H3,(H,13,14);. The molecule has 0 atom stereocenters. The Morgan fingerprint density at radius 3 is 2.27 bits per heavy atom. The normalized spacial score (nSPS) is 11.3. The third-order valence-corrected chi connectivity index (χ3v) is 1.62. The number of carbonyl (C=O) groups is 1. The minimum absolute atomic E-state index is 0. The first-order valence-electron chi connectivity index (χ1n) is 4.97. The molecule has 0 amide bonds. The maximum Gasteiger partial charge on any atom is 0.307 e. The molecule has 79 valence electrons. The van der Waals surface area contributed by atoms with E-state index < -0.39 is 5.97 Å². The van der Waals surface area contributed by atoms with Crippen LogP contribution in [0.2, 0.25) is 0 Å². The molecule has 0 aliphatic carbocycles. The average Bonchev–Trinajstić information content (AvgIpc) is 2.15. The molecular weight excluding hydrogens is 183 g/mol. The summed E-state index contributed by atoms with van der Waals surface area (Å²) in [4.78, 5) is 10.1. The van der Waals surface area contributed by atoms with Crippen LogP contribution in [0.4, 0.5) is 0 Å². The van der Waals surface area contributed by atoms with Crippen LogP contribution in [0.15, 0.2) is 36.5 Å². The van der Waals surface area contributed by atoms with Gasteiger partial charge in [0.05, 0.1) is 6.42 Å². The zero-order valence-corrected chi connectivity index (χ0v) is 9.65. The number of rotatable bonds is 7. The zero-order valence-electron chi connectivity index (χ0n) is 9.65. The molecule has 0 heterocycles. The average molecular weight is 201 g/mol. The van der Waals surface area contributed by atoms with Crippen LogP contribution in [-0.4, -0.2) is 29.9 Å². The van der Waals surface area contributed by atoms with Crippen molar-refractivity contribution in [3.63, 3.8) is 0 Å². The van der Waals surface area contributed by atoms with Gasteiger partial charge in [-0.05, 0) is 6.42 Å². The molecular formula is C12H18LiO2. The van der Waals surface area contributed by atoms with E-state index in [1.165, 1.54) is 12.8 Å². The summed E-state index contributed by atoms with van der Waals surface area (Å²) >= 11 is 0. The van der Waals surface area contributed by atoms with Crippen molar-refractivity contribution in [1.29, 1.82) is 0 Å². The quantitative estimate of drug-likeness (QED) is 0.390. The predicted octanol–water partition coefficient (Wildman–Crippen LogP) is 2.94. The SMILES string of the molecule is CCCCC=CC=CC=CCC(=O)O.[Li]. The summed E-state index contributed by atoms with van der Waals surface area (Å²) in [5, 5.41) is 8.32. The Morgan fingerprint density at radius 2 is 1.73 bits per heavy atom. The second-order valence-electron chi connectivity index (χ2n) is 2.98. The fraction of sp³-hybridized carbons (Fsp3) is 0.417. The molecule has 0 saturated carbocycles. The molecule has 0 aromatic rings. The van der Waals surface area contributed by atoms with E-state index in [0.29, 0.717) is 0 Å². The molecule has 0 fully saturated rings. The first-order chi connectivity index (χ1) is 6.77. The van der Waals surface area contributed by atoms with E-state index in [1.807, 2.05) is 18.2 Å². The molecule has 3 heteroatoms. The topological polar surface area (TPSA) is 37.3 Å². The van der Waals surface area contributed by atoms with E-state index in [1.54, 1.807) is 12.2 Å². The Hall–Kier alpha value is -0.713. The molecule has 0 saturated heterocycles. The Bertz CT molecular complexity index is 230. The number of aliphatic carboxylic acids is 1. The Balaban J connectivity index is 0. The number of allylic oxidation sites excluding steroid dienone is 5. The van der Waals surface area contributed by atoms with Crippen molar-refractivity contribution < 1.29 is 9.90 Å². The summed E-state index contributed by atoms with van der Waals surface area (Å²) < 4.78 is 0. The van der Waals surface area contributed by atoms with E-state index in [0.717, 1.165) is 6.42 Å². The van der Waals surface area contributed by atoms with Crippen molar-refractivity contribution in [1.82, 2.24) is 0 Å². The van der Waals surface area contributed by atoms with Gasteiger partial charge in [-0.25, -0.2) is 0 Å². The minimum Gasteiger partial charge on any atom is -0.481 e. The second kappa shape index (κ2) is 13.3. The zero-order chi connectivity index (χ0) is 10.6. The van der Waals surface area contributed by atoms with Gasteiger partial charge in [0, 0.05) is 18.9 Å². The summed E-state index contributed by atoms with van der Waals surface area (Å²) in [5.74, 6) is -0.798. The van der Waals surface area contributed by atoms with Crippen molar-refractivity contribution >= 4 is 24.8 Å². The minimum atomic E-state index is -0.798. The molecule has 0 spiro atoms. The van der Waals surface area contributed by atoms with Gasteiger partial charge in [0.2, 0.25) is 0 Å². The van der Waals surface area contributed by atoms with Crippen LogP contribution in [0.3, 0.4) is 0 Å². The van der Waals surface area contributed by atoms with Gasteiger partial charge in [0.15, 0.2) is 0 Å². The van der Waals surface area contributed by atoms with Crippen LogP contribution in [-0.2, 0) is 4.79 Å². The Labute approximate surface area is 104 Å². The van der Waals surface area contributed by atoms with Gasteiger partial charge in [0.25, 0.3) is 0 Å². The summed E-state index contributed by atoms with van der Waals surface area (Å²) in [7, 11) is 0. The molecule has 2 nitrogen and oxygen atoms in total. The van der Waals surface area contributed by atoms with Crippen molar-refractivity contribution in [2.45, 2.75) is 32.6 Å². The molecule has 0 aliphatic rings. The van der Waals surface area contributed by atoms with Gasteiger partial charge < -0.3 is 5.11 Å². The van der Waals surface area contributed by atoms with Gasteiger partial charge in [-0.1, -0.05) is 56.2 Å². The summed E-state index contributed by atoms with van der Waals surface area (Å²) in [6.45, 7) is 2.16. The van der Waals surface area contributed by atoms with Gasteiger partial charge >= 0.3 is 5.97 Å². The Kier molecular flexibility index (Phi) is 14.8. The van der Waals surface area contributed by atoms with Crippen molar-refractivity contribution in [2.75, 3.05) is 0 Å². The molecule has 15 heavy (non-hydrogen) atoms. The number of hydrogen-bond donors (Lipinski definition) is 1. The number of carboxylic acid groups (broad SMARTS) is 1. The van der Waals surface area contributed by atoms with Crippen molar-refractivity contribution in [3.8, 4) is 0 Å². The van der Waals surface area contributed by atoms with E-state index >= 15 is 0 Å². The van der Waals surface area contributed by atoms with Gasteiger partial charge in [-0.2, -0.15) is 0 Å². The Morgan fingerprint density at radius 1 is 1.13 bits per heavy atom. The first-order valence-corrected chi connectivity index (χ1v) is 4.97. The maximum absolute atomic E-state index is 10.1. The number of unbranched alkanes of at least 4 members (excludes halogenated alkanes) is 2. The third-order valence-electron chi connectivity index (χ3n) is 1.62. The fourth-order valence-corrected chi connectivity index (χ4v) is 0.872. The third kappa shape index (κ3) is 16.0. The molecule has 1 radical (unpaired) electrons. The molecule has 0 rings (SSSR count). The van der Waals surface area contributed by atoms with E-state index in [2.05, 4.69) is 13.0 Å². The van der Waals surface area contributed by atoms with Crippen molar-refractivity contribution in [2.24, 2.45) is 0 Å². The van der Waals surface area contributed by atoms with E-state index in [-0.39, 0.29) is 25.3 Å². The van der Waals surface area contributed by atoms with Crippen LogP contribution >= 0.6 is 0 Å². The molecule has 1 N–H and O–H groups in total. The predicted molar refractivity (Wildman–Crippen MR) is 65.0 cm³/mol. The van der Waals surface area contributed by atoms with Crippen LogP contribution < -0.4 is 0 Å². The van der Waals surface area contributed by atoms with Gasteiger partial charge in [-0.15, -0.1) is 0 Å². The fourth-order valence-electron chi connectivity index (χ4n) is 0.872. The second-order valence-corrected chi connectivity index (χ2v) is 2.98. The van der Waals surface area contributed by atoms with Crippen molar-refractivity contribution in [3.05, 3.63) is 36.5 Å². The number of carboxylic acids is 1. The molecule has 0 bridgehead atoms. The summed E-state index contributed by atoms with van der Waals surface area (Å²) in [5.41, 5.74) is 0. The number of hydrogen-bond acceptors (Lipinski definition) is 1. The van der Waals surface area contributed by atoms with Crippen LogP contribution in [0.25, 0.3) is 0 Å². The smallest absolute Gasteiger partial charge is 0.307 e. The summed E-state index contributed by atoms with van der Waals surface area (Å²) in [6.07, 6.45) is 14.9. The summed E-state index contributed by atoms with van der Waals surface area (Å²) in [6, 6.07) is 0. The van der Waals surface area contributed by atoms with Crippen LogP contribution in [0.1, 0.15) is 32.6 Å². The van der Waals surface area contributed by atoms with Crippen LogP contribution in [0.5, 0.6) is 0 Å². The largest absolute Gasteiger partial charge is 0.481 e. The molecule has 0 aromatic carbocycles. The van der Waals surface area contributed by atoms with Crippen LogP contribution in [0, 0.1) is 0 Å². The van der Waals surface area contributed by atoms with Gasteiger partial charge in [0.1, 0.15) is 0 Å². The van der Waals surface area contributed by atoms with E-state index in [4.69, 9.17) is 5.11 Å². The van der Waals surface area contributed by atoms with Gasteiger partial charge in [-0.3, -0.25) is 4.79 Å². The monoisotopic (exact) mass is 201 g/mol. The molecule has 0 unspecified atom stereocenters. The molecule has 0 aliphatic heterocycles. The maximum atomic E-state index is 10.1. The van der Waals surface area contributed by atoms with E-state index in [9.17, 15) is 4.79 Å². The first kappa shape index (κ1) is 16.7. The molecule has 0 aromatic heterocycles.